The second-order valence-corrected chi connectivity index (χ2v) is 12.7. The molecule has 0 saturated heterocycles. The first-order chi connectivity index (χ1) is 17.3. The van der Waals surface area contributed by atoms with Crippen molar-refractivity contribution in [2.45, 2.75) is 59.4 Å². The molecule has 2 aliphatic rings. The second kappa shape index (κ2) is 9.09. The van der Waals surface area contributed by atoms with Crippen LogP contribution in [0, 0.1) is 5.41 Å². The van der Waals surface area contributed by atoms with E-state index in [1.807, 2.05) is 11.3 Å². The summed E-state index contributed by atoms with van der Waals surface area (Å²) in [7, 11) is 0. The summed E-state index contributed by atoms with van der Waals surface area (Å²) in [4.78, 5) is 6.57. The number of benzene rings is 2. The minimum Gasteiger partial charge on any atom is -0.355 e. The van der Waals surface area contributed by atoms with E-state index in [-0.39, 0.29) is 0 Å². The number of H-pyrrole nitrogens is 1. The largest absolute Gasteiger partial charge is 0.355 e. The van der Waals surface area contributed by atoms with Crippen molar-refractivity contribution in [2.75, 3.05) is 0 Å². The first-order valence-electron chi connectivity index (χ1n) is 13.0. The second-order valence-electron chi connectivity index (χ2n) is 11.3. The van der Waals surface area contributed by atoms with Crippen LogP contribution in [-0.4, -0.2) is 4.98 Å². The molecule has 0 fully saturated rings. The number of nitrogens with one attached hydrogen (secondary N) is 2. The van der Waals surface area contributed by atoms with Gasteiger partial charge in [0.2, 0.25) is 0 Å². The number of para-hydroxylation sites is 1. The lowest BCUT2D eigenvalue weighted by Gasteiger charge is -2.30. The Kier molecular flexibility index (Phi) is 6.02. The molecule has 2 aromatic heterocycles. The minimum atomic E-state index is 0.351. The molecule has 0 atom stereocenters. The van der Waals surface area contributed by atoms with Gasteiger partial charge in [0, 0.05) is 32.9 Å². The Morgan fingerprint density at radius 2 is 1.94 bits per heavy atom. The van der Waals surface area contributed by atoms with Crippen LogP contribution in [0.25, 0.3) is 38.6 Å². The molecule has 2 nitrogen and oxygen atoms in total. The van der Waals surface area contributed by atoms with Gasteiger partial charge in [0.15, 0.2) is 0 Å². The molecule has 0 unspecified atom stereocenters. The predicted octanol–water partition coefficient (Wildman–Crippen LogP) is 8.87. The summed E-state index contributed by atoms with van der Waals surface area (Å²) in [6, 6.07) is 15.7. The number of rotatable bonds is 5. The maximum Gasteiger partial charge on any atom is 0.0461 e. The highest BCUT2D eigenvalue weighted by Gasteiger charge is 2.31. The van der Waals surface area contributed by atoms with Crippen molar-refractivity contribution in [2.24, 2.45) is 5.41 Å². The number of aromatic nitrogens is 1. The van der Waals surface area contributed by atoms with Crippen molar-refractivity contribution in [3.63, 3.8) is 0 Å². The molecule has 0 amide bonds. The zero-order chi connectivity index (χ0) is 25.0. The lowest BCUT2D eigenvalue weighted by molar-refractivity contribution is 0.317. The fourth-order valence-corrected chi connectivity index (χ4v) is 7.78. The first kappa shape index (κ1) is 23.8. The van der Waals surface area contributed by atoms with Gasteiger partial charge in [-0.05, 0) is 107 Å². The van der Waals surface area contributed by atoms with Crippen LogP contribution < -0.4 is 4.72 Å². The summed E-state index contributed by atoms with van der Waals surface area (Å²) in [5.41, 5.74) is 13.7. The normalized spacial score (nSPS) is 16.5. The lowest BCUT2D eigenvalue weighted by Crippen LogP contribution is -2.21. The van der Waals surface area contributed by atoms with Gasteiger partial charge in [0.1, 0.15) is 0 Å². The summed E-state index contributed by atoms with van der Waals surface area (Å²) in [6.07, 6.45) is 8.05. The zero-order valence-corrected chi connectivity index (χ0v) is 23.1. The first-order valence-corrected chi connectivity index (χ1v) is 14.2. The monoisotopic (exact) mass is 510 g/mol. The minimum absolute atomic E-state index is 0.351. The third kappa shape index (κ3) is 4.09. The number of allylic oxidation sites excluding steroid dienone is 2. The van der Waals surface area contributed by atoms with Gasteiger partial charge in [-0.3, -0.25) is 4.72 Å². The molecule has 6 rings (SSSR count). The van der Waals surface area contributed by atoms with Crippen LogP contribution in [0.4, 0.5) is 0 Å². The van der Waals surface area contributed by atoms with Crippen LogP contribution in [0.1, 0.15) is 72.0 Å². The van der Waals surface area contributed by atoms with Crippen LogP contribution in [0.3, 0.4) is 0 Å². The van der Waals surface area contributed by atoms with Crippen molar-refractivity contribution >= 4 is 52.3 Å². The average Bonchev–Trinajstić information content (AvgIpc) is 3.41. The van der Waals surface area contributed by atoms with Gasteiger partial charge in [0.25, 0.3) is 0 Å². The molecule has 2 N–H and O–H groups in total. The average molecular weight is 511 g/mol. The number of aryl methyl sites for hydroxylation is 2. The molecule has 0 radical (unpaired) electrons. The molecule has 0 saturated carbocycles. The smallest absolute Gasteiger partial charge is 0.0461 e. The Morgan fingerprint density at radius 3 is 2.75 bits per heavy atom. The highest BCUT2D eigenvalue weighted by molar-refractivity contribution is 7.78. The Labute approximate surface area is 224 Å². The predicted molar refractivity (Wildman–Crippen MR) is 161 cm³/mol. The molecule has 0 aliphatic heterocycles. The number of thiol groups is 1. The fourth-order valence-electron chi connectivity index (χ4n) is 6.15. The number of hydrogen-bond donors (Lipinski definition) is 3. The number of fused-ring (bicyclic) bond motifs is 4. The van der Waals surface area contributed by atoms with Gasteiger partial charge < -0.3 is 4.98 Å². The molecular formula is C32H34N2S2. The third-order valence-corrected chi connectivity index (χ3v) is 9.48. The van der Waals surface area contributed by atoms with Crippen molar-refractivity contribution in [3.05, 3.63) is 87.4 Å². The lowest BCUT2D eigenvalue weighted by atomic mass is 9.75. The van der Waals surface area contributed by atoms with Gasteiger partial charge >= 0.3 is 0 Å². The Bertz CT molecular complexity index is 1530. The van der Waals surface area contributed by atoms with Crippen LogP contribution in [0.15, 0.2) is 49.0 Å². The molecule has 0 bridgehead atoms. The fraction of sp³-hybridized carbons (Fsp3) is 0.312. The number of hydrogen-bond acceptors (Lipinski definition) is 3. The summed E-state index contributed by atoms with van der Waals surface area (Å²) in [5, 5.41) is 1.36. The summed E-state index contributed by atoms with van der Waals surface area (Å²) >= 11 is 6.38. The topological polar surface area (TPSA) is 27.8 Å². The van der Waals surface area contributed by atoms with Gasteiger partial charge in [-0.25, -0.2) is 0 Å². The molecule has 4 heteroatoms. The SMILES string of the molecule is C=C(C)c1c(-c2ccc(C3=Cc4[nH]c5ccccc5c4CC3)cc2CNS)sc2c1CC(C)(C)CC2. The Balaban J connectivity index is 1.44. The standard InChI is InChI=1S/C32H34N2S2/c1-19(2)30-26-17-32(3,4)14-13-29(26)36-31(30)23-11-9-20(15-22(23)18-33-35)21-10-12-25-24-7-5-6-8-27(24)34-28(25)16-21/h5-9,11,15-16,33-35H,1,10,12-14,17-18H2,2-4H3. The highest BCUT2D eigenvalue weighted by atomic mass is 32.1. The number of thiophene rings is 1. The van der Waals surface area contributed by atoms with Gasteiger partial charge in [-0.15, -0.1) is 11.3 Å². The van der Waals surface area contributed by atoms with Crippen molar-refractivity contribution < 1.29 is 0 Å². The van der Waals surface area contributed by atoms with E-state index in [0.717, 1.165) is 25.8 Å². The van der Waals surface area contributed by atoms with E-state index in [0.29, 0.717) is 5.41 Å². The molecule has 2 heterocycles. The van der Waals surface area contributed by atoms with E-state index in [1.54, 1.807) is 4.88 Å². The van der Waals surface area contributed by atoms with E-state index in [1.165, 1.54) is 78.8 Å². The number of aromatic amines is 1. The van der Waals surface area contributed by atoms with E-state index < -0.39 is 0 Å². The van der Waals surface area contributed by atoms with Crippen molar-refractivity contribution in [1.82, 2.24) is 9.71 Å². The van der Waals surface area contributed by atoms with Crippen LogP contribution >= 0.6 is 24.2 Å². The quantitative estimate of drug-likeness (QED) is 0.230. The van der Waals surface area contributed by atoms with Gasteiger partial charge in [-0.2, -0.15) is 0 Å². The van der Waals surface area contributed by atoms with Crippen LogP contribution in [0.2, 0.25) is 0 Å². The van der Waals surface area contributed by atoms with E-state index in [9.17, 15) is 0 Å². The third-order valence-electron chi connectivity index (χ3n) is 8.00. The Hall–Kier alpha value is -2.53. The summed E-state index contributed by atoms with van der Waals surface area (Å²) in [5.74, 6) is 0. The van der Waals surface area contributed by atoms with E-state index in [2.05, 4.69) is 98.4 Å². The maximum atomic E-state index is 4.41. The van der Waals surface area contributed by atoms with Gasteiger partial charge in [-0.1, -0.05) is 63.6 Å². The maximum absolute atomic E-state index is 4.41. The molecular weight excluding hydrogens is 477 g/mol. The van der Waals surface area contributed by atoms with Gasteiger partial charge in [0.05, 0.1) is 0 Å². The molecule has 36 heavy (non-hydrogen) atoms. The van der Waals surface area contributed by atoms with E-state index >= 15 is 0 Å². The molecule has 0 spiro atoms. The summed E-state index contributed by atoms with van der Waals surface area (Å²) in [6.45, 7) is 12.1. The molecule has 2 aliphatic carbocycles. The molecule has 184 valence electrons. The molecule has 4 aromatic rings. The molecule has 2 aromatic carbocycles. The van der Waals surface area contributed by atoms with Crippen molar-refractivity contribution in [1.29, 1.82) is 0 Å². The Morgan fingerprint density at radius 1 is 1.11 bits per heavy atom. The van der Waals surface area contributed by atoms with E-state index in [4.69, 9.17) is 0 Å². The van der Waals surface area contributed by atoms with Crippen LogP contribution in [-0.2, 0) is 25.8 Å². The van der Waals surface area contributed by atoms with Crippen LogP contribution in [0.5, 0.6) is 0 Å². The summed E-state index contributed by atoms with van der Waals surface area (Å²) < 4.78 is 3.13. The highest BCUT2D eigenvalue weighted by Crippen LogP contribution is 2.48. The zero-order valence-electron chi connectivity index (χ0n) is 21.4. The van der Waals surface area contributed by atoms with Crippen molar-refractivity contribution in [3.8, 4) is 10.4 Å².